The number of para-hydroxylation sites is 1. The summed E-state index contributed by atoms with van der Waals surface area (Å²) in [4.78, 5) is 29.9. The molecule has 1 aromatic heterocycles. The van der Waals surface area contributed by atoms with Crippen LogP contribution in [-0.4, -0.2) is 59.2 Å². The van der Waals surface area contributed by atoms with Gasteiger partial charge >= 0.3 is 12.2 Å². The number of hydrogen-bond donors (Lipinski definition) is 1. The van der Waals surface area contributed by atoms with Gasteiger partial charge in [-0.2, -0.15) is 13.2 Å². The molecule has 1 N–H and O–H groups in total. The van der Waals surface area contributed by atoms with Crippen LogP contribution in [0.4, 0.5) is 23.7 Å². The van der Waals surface area contributed by atoms with E-state index < -0.39 is 17.8 Å². The lowest BCUT2D eigenvalue weighted by Gasteiger charge is -2.28. The number of nitrogens with one attached hydrogen (secondary N) is 1. The Bertz CT molecular complexity index is 1280. The van der Waals surface area contributed by atoms with Crippen LogP contribution >= 0.6 is 15.9 Å². The number of carbonyl (C=O) groups is 2. The van der Waals surface area contributed by atoms with Gasteiger partial charge in [0.2, 0.25) is 5.91 Å². The maximum atomic E-state index is 13.6. The second kappa shape index (κ2) is 16.4. The van der Waals surface area contributed by atoms with Crippen LogP contribution in [0.3, 0.4) is 0 Å². The fourth-order valence-electron chi connectivity index (χ4n) is 4.42. The van der Waals surface area contributed by atoms with Gasteiger partial charge in [-0.25, -0.2) is 4.79 Å². The van der Waals surface area contributed by atoms with Crippen molar-refractivity contribution < 1.29 is 27.5 Å². The summed E-state index contributed by atoms with van der Waals surface area (Å²) in [5, 5.41) is 2.38. The first-order valence-electron chi connectivity index (χ1n) is 14.1. The number of ether oxygens (including phenoxy) is 1. The van der Waals surface area contributed by atoms with Crippen molar-refractivity contribution >= 4 is 33.6 Å². The van der Waals surface area contributed by atoms with Crippen LogP contribution in [0.15, 0.2) is 71.3 Å². The maximum Gasteiger partial charge on any atom is 0.418 e. The van der Waals surface area contributed by atoms with E-state index in [1.54, 1.807) is 4.90 Å². The fourth-order valence-corrected chi connectivity index (χ4v) is 4.69. The fraction of sp³-hybridized carbons (Fsp3) is 0.419. The number of aromatic nitrogens is 1. The van der Waals surface area contributed by atoms with Gasteiger partial charge in [-0.3, -0.25) is 4.79 Å². The first-order chi connectivity index (χ1) is 20.1. The lowest BCUT2D eigenvalue weighted by Crippen LogP contribution is -2.45. The number of nitrogens with zero attached hydrogens (tertiary/aromatic N) is 3. The van der Waals surface area contributed by atoms with Crippen molar-refractivity contribution in [3.05, 3.63) is 88.2 Å². The number of hydrogen-bond acceptors (Lipinski definition) is 3. The van der Waals surface area contributed by atoms with Crippen molar-refractivity contribution in [2.75, 3.05) is 38.2 Å². The van der Waals surface area contributed by atoms with Crippen LogP contribution in [0.1, 0.15) is 49.9 Å². The molecule has 2 aromatic carbocycles. The van der Waals surface area contributed by atoms with Crippen LogP contribution in [0.25, 0.3) is 0 Å². The number of anilines is 1. The molecule has 228 valence electrons. The van der Waals surface area contributed by atoms with Gasteiger partial charge in [-0.05, 0) is 61.7 Å². The van der Waals surface area contributed by atoms with Crippen LogP contribution in [0.2, 0.25) is 0 Å². The Morgan fingerprint density at radius 2 is 1.67 bits per heavy atom. The summed E-state index contributed by atoms with van der Waals surface area (Å²) >= 11 is 3.45. The minimum atomic E-state index is -4.64. The molecule has 0 radical (unpaired) electrons. The van der Waals surface area contributed by atoms with Crippen molar-refractivity contribution in [3.8, 4) is 0 Å². The second-order valence-corrected chi connectivity index (χ2v) is 10.8. The van der Waals surface area contributed by atoms with Gasteiger partial charge in [0.25, 0.3) is 0 Å². The van der Waals surface area contributed by atoms with E-state index in [1.807, 2.05) is 56.4 Å². The summed E-state index contributed by atoms with van der Waals surface area (Å²) in [7, 11) is 0. The van der Waals surface area contributed by atoms with E-state index in [-0.39, 0.29) is 24.7 Å². The van der Waals surface area contributed by atoms with Gasteiger partial charge < -0.3 is 24.4 Å². The van der Waals surface area contributed by atoms with Crippen molar-refractivity contribution in [2.45, 2.75) is 52.4 Å². The van der Waals surface area contributed by atoms with E-state index in [4.69, 9.17) is 4.74 Å². The molecule has 0 saturated carbocycles. The van der Waals surface area contributed by atoms with Crippen LogP contribution in [0, 0.1) is 0 Å². The molecule has 0 aliphatic heterocycles. The molecule has 0 fully saturated rings. The van der Waals surface area contributed by atoms with E-state index in [0.29, 0.717) is 39.3 Å². The first kappa shape index (κ1) is 33.2. The zero-order valence-electron chi connectivity index (χ0n) is 24.0. The molecule has 0 bridgehead atoms. The van der Waals surface area contributed by atoms with Gasteiger partial charge in [-0.15, -0.1) is 0 Å². The minimum Gasteiger partial charge on any atom is -0.382 e. The molecule has 3 rings (SSSR count). The van der Waals surface area contributed by atoms with Crippen molar-refractivity contribution in [3.63, 3.8) is 0 Å². The third-order valence-corrected chi connectivity index (χ3v) is 7.21. The molecule has 7 nitrogen and oxygen atoms in total. The summed E-state index contributed by atoms with van der Waals surface area (Å²) in [6, 6.07) is 15.9. The molecule has 3 aromatic rings. The molecule has 0 atom stereocenters. The highest BCUT2D eigenvalue weighted by molar-refractivity contribution is 9.10. The van der Waals surface area contributed by atoms with Crippen molar-refractivity contribution in [2.24, 2.45) is 0 Å². The summed E-state index contributed by atoms with van der Waals surface area (Å²) < 4.78 is 49.1. The summed E-state index contributed by atoms with van der Waals surface area (Å²) in [6.45, 7) is 6.07. The molecule has 11 heteroatoms. The zero-order valence-corrected chi connectivity index (χ0v) is 25.6. The molecule has 0 unspecified atom stereocenters. The molecule has 42 heavy (non-hydrogen) atoms. The Morgan fingerprint density at radius 1 is 0.952 bits per heavy atom. The van der Waals surface area contributed by atoms with E-state index in [1.165, 1.54) is 23.1 Å². The number of rotatable bonds is 15. The summed E-state index contributed by atoms with van der Waals surface area (Å²) in [5.74, 6) is -0.282. The third kappa shape index (κ3) is 10.2. The number of benzene rings is 2. The van der Waals surface area contributed by atoms with E-state index >= 15 is 0 Å². The largest absolute Gasteiger partial charge is 0.418 e. The average molecular weight is 652 g/mol. The highest BCUT2D eigenvalue weighted by Gasteiger charge is 2.34. The molecule has 3 amide bonds. The molecule has 0 aliphatic carbocycles. The lowest BCUT2D eigenvalue weighted by atomic mass is 10.1. The van der Waals surface area contributed by atoms with Crippen LogP contribution in [-0.2, 0) is 28.8 Å². The number of carbonyl (C=O) groups excluding carboxylic acids is 2. The summed E-state index contributed by atoms with van der Waals surface area (Å²) in [6.07, 6.45) is -0.599. The Balaban J connectivity index is 1.77. The number of amides is 3. The smallest absolute Gasteiger partial charge is 0.382 e. The SMILES string of the molecule is CCCCN(Cc1cccn1Cc1ccc(Br)cc1)C(=O)CN(CCCOCC)C(=O)Nc1ccccc1C(F)(F)F. The number of unbranched alkanes of at least 4 members (excludes halogenated alkanes) is 1. The van der Waals surface area contributed by atoms with Crippen LogP contribution < -0.4 is 5.32 Å². The van der Waals surface area contributed by atoms with Crippen LogP contribution in [0.5, 0.6) is 0 Å². The van der Waals surface area contributed by atoms with Gasteiger partial charge in [-0.1, -0.05) is 53.5 Å². The zero-order chi connectivity index (χ0) is 30.5. The highest BCUT2D eigenvalue weighted by Crippen LogP contribution is 2.34. The van der Waals surface area contributed by atoms with Gasteiger partial charge in [0.15, 0.2) is 0 Å². The standard InChI is InChI=1S/C31H38BrF3N4O3/c1-3-5-17-38(22-26-10-8-18-37(26)21-24-13-15-25(32)16-14-24)29(40)23-39(19-9-20-42-4-2)30(41)36-28-12-7-6-11-27(28)31(33,34)35/h6-8,10-16,18H,3-5,9,17,19-23H2,1-2H3,(H,36,41). The first-order valence-corrected chi connectivity index (χ1v) is 14.9. The second-order valence-electron chi connectivity index (χ2n) is 9.87. The number of urea groups is 1. The van der Waals surface area contributed by atoms with Gasteiger partial charge in [0.1, 0.15) is 6.54 Å². The Morgan fingerprint density at radius 3 is 2.36 bits per heavy atom. The lowest BCUT2D eigenvalue weighted by molar-refractivity contribution is -0.137. The Labute approximate surface area is 253 Å². The molecule has 0 saturated heterocycles. The topological polar surface area (TPSA) is 66.8 Å². The third-order valence-electron chi connectivity index (χ3n) is 6.69. The van der Waals surface area contributed by atoms with Crippen molar-refractivity contribution in [1.82, 2.24) is 14.4 Å². The van der Waals surface area contributed by atoms with E-state index in [2.05, 4.69) is 25.8 Å². The van der Waals surface area contributed by atoms with E-state index in [0.717, 1.165) is 34.6 Å². The quantitative estimate of drug-likeness (QED) is 0.174. The number of halogens is 4. The van der Waals surface area contributed by atoms with Gasteiger partial charge in [0, 0.05) is 49.2 Å². The molecular weight excluding hydrogens is 613 g/mol. The highest BCUT2D eigenvalue weighted by atomic mass is 79.9. The molecule has 0 aliphatic rings. The Kier molecular flexibility index (Phi) is 12.9. The average Bonchev–Trinajstić information content (AvgIpc) is 3.39. The maximum absolute atomic E-state index is 13.6. The molecule has 1 heterocycles. The molecular formula is C31H38BrF3N4O3. The normalized spacial score (nSPS) is 11.4. The minimum absolute atomic E-state index is 0.146. The predicted molar refractivity (Wildman–Crippen MR) is 161 cm³/mol. The Hall–Kier alpha value is -3.31. The van der Waals surface area contributed by atoms with Gasteiger partial charge in [0.05, 0.1) is 17.8 Å². The monoisotopic (exact) mass is 650 g/mol. The van der Waals surface area contributed by atoms with E-state index in [9.17, 15) is 22.8 Å². The molecule has 0 spiro atoms. The predicted octanol–water partition coefficient (Wildman–Crippen LogP) is 7.41. The number of alkyl halides is 3. The van der Waals surface area contributed by atoms with Crippen molar-refractivity contribution in [1.29, 1.82) is 0 Å². The summed E-state index contributed by atoms with van der Waals surface area (Å²) in [5.41, 5.74) is 0.744.